The quantitative estimate of drug-likeness (QED) is 0.152. The van der Waals surface area contributed by atoms with E-state index < -0.39 is 5.41 Å². The number of aromatic nitrogens is 4. The second kappa shape index (κ2) is 18.6. The maximum Gasteiger partial charge on any atom is 0.0717 e. The Bertz CT molecular complexity index is 5960. The number of nitrogens with zero attached hydrogens (tertiary/aromatic N) is 4. The van der Waals surface area contributed by atoms with Gasteiger partial charge in [0.2, 0.25) is 0 Å². The second-order valence-electron chi connectivity index (χ2n) is 24.6. The van der Waals surface area contributed by atoms with Crippen molar-refractivity contribution in [2.75, 3.05) is 0 Å². The molecule has 0 saturated carbocycles. The monoisotopic (exact) mass is 1140 g/mol. The molecule has 4 heteroatoms. The summed E-state index contributed by atoms with van der Waals surface area (Å²) in [5.41, 5.74) is 27.3. The third-order valence-electron chi connectivity index (χ3n) is 20.3. The van der Waals surface area contributed by atoms with Gasteiger partial charge in [0.25, 0.3) is 0 Å². The van der Waals surface area contributed by atoms with Crippen molar-refractivity contribution in [2.45, 2.75) is 11.3 Å². The molecule has 0 radical (unpaired) electrons. The third kappa shape index (κ3) is 6.63. The van der Waals surface area contributed by atoms with Crippen LogP contribution in [0.5, 0.6) is 0 Å². The van der Waals surface area contributed by atoms with Crippen LogP contribution in [-0.2, 0) is 5.41 Å². The van der Waals surface area contributed by atoms with Gasteiger partial charge in [0, 0.05) is 71.8 Å². The lowest BCUT2D eigenvalue weighted by Crippen LogP contribution is -2.30. The second-order valence-corrected chi connectivity index (χ2v) is 24.6. The van der Waals surface area contributed by atoms with Gasteiger partial charge in [0.1, 0.15) is 0 Å². The van der Waals surface area contributed by atoms with Gasteiger partial charge >= 0.3 is 0 Å². The van der Waals surface area contributed by atoms with Gasteiger partial charge in [-0.15, -0.1) is 0 Å². The molecule has 2 aliphatic carbocycles. The van der Waals surface area contributed by atoms with Gasteiger partial charge in [-0.25, -0.2) is 0 Å². The summed E-state index contributed by atoms with van der Waals surface area (Å²) in [7, 11) is 0. The molecule has 0 N–H and O–H groups in total. The Morgan fingerprint density at radius 1 is 0.200 bits per heavy atom. The molecule has 418 valence electrons. The van der Waals surface area contributed by atoms with Crippen molar-refractivity contribution in [1.82, 2.24) is 18.3 Å². The summed E-state index contributed by atoms with van der Waals surface area (Å²) in [6.45, 7) is 0. The van der Waals surface area contributed by atoms with E-state index in [2.05, 4.69) is 340 Å². The number of benzene rings is 14. The third-order valence-corrected chi connectivity index (χ3v) is 20.3. The van der Waals surface area contributed by atoms with Crippen molar-refractivity contribution in [3.05, 3.63) is 360 Å². The molecule has 4 nitrogen and oxygen atoms in total. The van der Waals surface area contributed by atoms with Gasteiger partial charge < -0.3 is 18.3 Å². The Hall–Kier alpha value is -11.7. The first-order valence-electron chi connectivity index (χ1n) is 31.4. The number of rotatable bonds is 7. The van der Waals surface area contributed by atoms with E-state index in [9.17, 15) is 0 Å². The van der Waals surface area contributed by atoms with Crippen molar-refractivity contribution in [2.24, 2.45) is 0 Å². The Balaban J connectivity index is 0.905. The molecule has 14 aromatic carbocycles. The van der Waals surface area contributed by atoms with Crippen LogP contribution in [0.4, 0.5) is 0 Å². The molecule has 18 aromatic rings. The zero-order valence-corrected chi connectivity index (χ0v) is 49.0. The highest BCUT2D eigenvalue weighted by Crippen LogP contribution is 2.61. The van der Waals surface area contributed by atoms with Gasteiger partial charge in [0.15, 0.2) is 0 Å². The summed E-state index contributed by atoms with van der Waals surface area (Å²) >= 11 is 0. The van der Waals surface area contributed by atoms with Gasteiger partial charge in [-0.3, -0.25) is 0 Å². The highest BCUT2D eigenvalue weighted by atomic mass is 15.0. The van der Waals surface area contributed by atoms with Crippen molar-refractivity contribution in [3.63, 3.8) is 0 Å². The van der Waals surface area contributed by atoms with Gasteiger partial charge in [0.05, 0.1) is 49.5 Å². The van der Waals surface area contributed by atoms with Crippen LogP contribution in [0.3, 0.4) is 0 Å². The van der Waals surface area contributed by atoms with E-state index in [1.807, 2.05) is 0 Å². The average molecular weight is 1140 g/mol. The van der Waals surface area contributed by atoms with Crippen LogP contribution < -0.4 is 0 Å². The molecule has 0 unspecified atom stereocenters. The predicted molar refractivity (Wildman–Crippen MR) is 374 cm³/mol. The van der Waals surface area contributed by atoms with Crippen LogP contribution in [0, 0.1) is 0 Å². The predicted octanol–water partition coefficient (Wildman–Crippen LogP) is 21.6. The Morgan fingerprint density at radius 3 is 1.04 bits per heavy atom. The molecule has 0 fully saturated rings. The van der Waals surface area contributed by atoms with E-state index in [-0.39, 0.29) is 5.92 Å². The van der Waals surface area contributed by atoms with Crippen molar-refractivity contribution < 1.29 is 0 Å². The Kier molecular flexibility index (Phi) is 10.2. The van der Waals surface area contributed by atoms with E-state index in [1.54, 1.807) is 0 Å². The summed E-state index contributed by atoms with van der Waals surface area (Å²) in [6.07, 6.45) is 0. The van der Waals surface area contributed by atoms with E-state index >= 15 is 0 Å². The molecule has 20 rings (SSSR count). The molecule has 0 spiro atoms. The van der Waals surface area contributed by atoms with Crippen molar-refractivity contribution in [1.29, 1.82) is 0 Å². The zero-order chi connectivity index (χ0) is 58.8. The minimum absolute atomic E-state index is 0.0914. The minimum Gasteiger partial charge on any atom is -0.309 e. The average Bonchev–Trinajstić information content (AvgIpc) is 1.60. The van der Waals surface area contributed by atoms with E-state index in [4.69, 9.17) is 0 Å². The molecule has 0 aliphatic heterocycles. The molecule has 90 heavy (non-hydrogen) atoms. The molecule has 0 saturated heterocycles. The molecule has 0 amide bonds. The summed E-state index contributed by atoms with van der Waals surface area (Å²) < 4.78 is 9.92. The summed E-state index contributed by atoms with van der Waals surface area (Å²) in [6, 6.07) is 121. The van der Waals surface area contributed by atoms with Crippen LogP contribution in [0.25, 0.3) is 132 Å². The molecular weight excluding hydrogens is 1090 g/mol. The molecule has 0 bridgehead atoms. The summed E-state index contributed by atoms with van der Waals surface area (Å²) in [5.74, 6) is -0.0914. The van der Waals surface area contributed by atoms with E-state index in [1.165, 1.54) is 148 Å². The van der Waals surface area contributed by atoms with Crippen LogP contribution in [-0.4, -0.2) is 18.3 Å². The minimum atomic E-state index is -0.799. The normalized spacial score (nSPS) is 13.4. The first kappa shape index (κ1) is 49.4. The number of fused-ring (bicyclic) bond motifs is 18. The van der Waals surface area contributed by atoms with Crippen LogP contribution >= 0.6 is 0 Å². The van der Waals surface area contributed by atoms with Gasteiger partial charge in [-0.2, -0.15) is 0 Å². The SMILES string of the molecule is c1ccc(-n2c3ccccc3c3cc(-n4c5ccccc5c5ccc(C6(c7cc8c9ccccc9n(-c9ccc%10c(c9)c9ccccc9n%10-c9ccccc9)c8cc7C7c8ccccc8-c8ccccc87)c7ccccc7-c7ccccc76)cc54)ccc32)cc1. The molecule has 2 aliphatic rings. The maximum absolute atomic E-state index is 2.64. The number of hydrogen-bond acceptors (Lipinski definition) is 0. The zero-order valence-electron chi connectivity index (χ0n) is 49.0. The number of para-hydroxylation sites is 6. The molecule has 0 atom stereocenters. The van der Waals surface area contributed by atoms with Gasteiger partial charge in [-0.05, 0) is 164 Å². The molecule has 4 aromatic heterocycles. The van der Waals surface area contributed by atoms with Crippen LogP contribution in [0.2, 0.25) is 0 Å². The topological polar surface area (TPSA) is 19.7 Å². The van der Waals surface area contributed by atoms with Crippen molar-refractivity contribution >= 4 is 87.2 Å². The number of hydrogen-bond donors (Lipinski definition) is 0. The van der Waals surface area contributed by atoms with Crippen LogP contribution in [0.15, 0.2) is 322 Å². The summed E-state index contributed by atoms with van der Waals surface area (Å²) in [5, 5.41) is 9.78. The van der Waals surface area contributed by atoms with E-state index in [0.717, 1.165) is 22.7 Å². The highest BCUT2D eigenvalue weighted by molar-refractivity contribution is 6.15. The standard InChI is InChI=1S/C86H54N4/c1-3-23-55(24-4-1)87-78-40-20-14-32-64(78)70-50-57(44-47-81(70)87)89-77-39-19-13-31-63(77)67-46-43-54(49-83(67)89)86(74-37-17-11-29-61(74)62-30-12-18-38-75(62)86)76-52-72-66-34-16-22-42-80(66)90(84(72)53-73(76)85-68-35-9-7-27-59(68)60-28-8-10-36-69(60)85)58-45-48-82-71(51-58)65-33-15-21-41-79(65)88(82)56-25-5-2-6-26-56/h1-53,85H. The Labute approximate surface area is 519 Å². The first-order valence-corrected chi connectivity index (χ1v) is 31.4. The Morgan fingerprint density at radius 2 is 0.556 bits per heavy atom. The molecular formula is C86H54N4. The largest absolute Gasteiger partial charge is 0.309 e. The lowest BCUT2D eigenvalue weighted by Gasteiger charge is -2.37. The fourth-order valence-corrected chi connectivity index (χ4v) is 16.7. The van der Waals surface area contributed by atoms with Crippen molar-refractivity contribution in [3.8, 4) is 45.0 Å². The lowest BCUT2D eigenvalue weighted by molar-refractivity contribution is 0.750. The smallest absolute Gasteiger partial charge is 0.0717 e. The van der Waals surface area contributed by atoms with Crippen LogP contribution in [0.1, 0.15) is 44.9 Å². The fraction of sp³-hybridized carbons (Fsp3) is 0.0233. The maximum atomic E-state index is 2.64. The molecule has 4 heterocycles. The fourth-order valence-electron chi connectivity index (χ4n) is 16.7. The van der Waals surface area contributed by atoms with Gasteiger partial charge in [-0.1, -0.05) is 218 Å². The first-order chi connectivity index (χ1) is 44.7. The lowest BCUT2D eigenvalue weighted by atomic mass is 9.64. The van der Waals surface area contributed by atoms with E-state index in [0.29, 0.717) is 0 Å². The highest BCUT2D eigenvalue weighted by Gasteiger charge is 2.49. The summed E-state index contributed by atoms with van der Waals surface area (Å²) in [4.78, 5) is 0.